The van der Waals surface area contributed by atoms with Crippen molar-refractivity contribution >= 4 is 27.9 Å². The number of esters is 1. The Balaban J connectivity index is 3.25. The van der Waals surface area contributed by atoms with E-state index in [9.17, 15) is 14.7 Å². The van der Waals surface area contributed by atoms with E-state index in [4.69, 9.17) is 10.5 Å². The number of benzene rings is 1. The quantitative estimate of drug-likeness (QED) is 0.654. The maximum atomic E-state index is 12.1. The lowest BCUT2D eigenvalue weighted by Crippen LogP contribution is -2.54. The summed E-state index contributed by atoms with van der Waals surface area (Å²) >= 11 is 3.21. The first kappa shape index (κ1) is 15.7. The van der Waals surface area contributed by atoms with Crippen molar-refractivity contribution in [2.45, 2.75) is 31.9 Å². The van der Waals surface area contributed by atoms with Gasteiger partial charge in [-0.1, -0.05) is 28.1 Å². The second-order valence-corrected chi connectivity index (χ2v) is 6.04. The third-order valence-electron chi connectivity index (χ3n) is 2.34. The molecule has 104 valence electrons. The summed E-state index contributed by atoms with van der Waals surface area (Å²) in [5.41, 5.74) is 2.90. The Bertz CT molecular complexity index is 510. The van der Waals surface area contributed by atoms with Crippen LogP contribution in [0.2, 0.25) is 0 Å². The fourth-order valence-corrected chi connectivity index (χ4v) is 1.82. The van der Waals surface area contributed by atoms with Gasteiger partial charge in [0.2, 0.25) is 5.54 Å². The molecule has 1 rings (SSSR count). The standard InChI is InChI=1S/C13H16BrNO4/c1-12(2,3)19-11(18)13(15,10(16)17)8-5-4-6-9(14)7-8/h4-7H,15H2,1-3H3,(H,16,17)/t13-/m0/s1. The van der Waals surface area contributed by atoms with Gasteiger partial charge < -0.3 is 15.6 Å². The first-order chi connectivity index (χ1) is 8.57. The van der Waals surface area contributed by atoms with Crippen LogP contribution in [0.25, 0.3) is 0 Å². The van der Waals surface area contributed by atoms with Crippen LogP contribution >= 0.6 is 15.9 Å². The number of hydrogen-bond acceptors (Lipinski definition) is 4. The molecule has 0 heterocycles. The van der Waals surface area contributed by atoms with Crippen molar-refractivity contribution in [3.63, 3.8) is 0 Å². The van der Waals surface area contributed by atoms with Crippen LogP contribution in [-0.4, -0.2) is 22.6 Å². The van der Waals surface area contributed by atoms with E-state index >= 15 is 0 Å². The number of carboxylic acids is 1. The van der Waals surface area contributed by atoms with Crippen molar-refractivity contribution in [1.82, 2.24) is 0 Å². The van der Waals surface area contributed by atoms with Crippen molar-refractivity contribution in [3.05, 3.63) is 34.3 Å². The molecular formula is C13H16BrNO4. The van der Waals surface area contributed by atoms with Gasteiger partial charge in [0, 0.05) is 4.47 Å². The highest BCUT2D eigenvalue weighted by Gasteiger charge is 2.47. The van der Waals surface area contributed by atoms with E-state index < -0.39 is 23.1 Å². The summed E-state index contributed by atoms with van der Waals surface area (Å²) in [4.78, 5) is 23.5. The summed E-state index contributed by atoms with van der Waals surface area (Å²) in [6, 6.07) is 6.27. The molecule has 0 saturated heterocycles. The zero-order valence-electron chi connectivity index (χ0n) is 10.9. The summed E-state index contributed by atoms with van der Waals surface area (Å²) in [5.74, 6) is -2.45. The average molecular weight is 330 g/mol. The number of ether oxygens (including phenoxy) is 1. The van der Waals surface area contributed by atoms with E-state index in [1.165, 1.54) is 12.1 Å². The molecule has 6 heteroatoms. The Kier molecular flexibility index (Phi) is 4.37. The molecule has 3 N–H and O–H groups in total. The van der Waals surface area contributed by atoms with E-state index in [1.54, 1.807) is 32.9 Å². The molecule has 0 aromatic heterocycles. The maximum Gasteiger partial charge on any atom is 0.343 e. The Morgan fingerprint density at radius 2 is 1.89 bits per heavy atom. The highest BCUT2D eigenvalue weighted by Crippen LogP contribution is 2.25. The molecule has 1 aromatic carbocycles. The van der Waals surface area contributed by atoms with Crippen LogP contribution in [0.1, 0.15) is 26.3 Å². The van der Waals surface area contributed by atoms with E-state index in [1.807, 2.05) is 0 Å². The lowest BCUT2D eigenvalue weighted by Gasteiger charge is -2.28. The normalized spacial score (nSPS) is 14.6. The number of nitrogens with two attached hydrogens (primary N) is 1. The number of hydrogen-bond donors (Lipinski definition) is 2. The number of carboxylic acid groups (broad SMARTS) is 1. The third-order valence-corrected chi connectivity index (χ3v) is 2.83. The van der Waals surface area contributed by atoms with Crippen LogP contribution in [-0.2, 0) is 19.9 Å². The molecule has 5 nitrogen and oxygen atoms in total. The van der Waals surface area contributed by atoms with Crippen molar-refractivity contribution in [1.29, 1.82) is 0 Å². The molecule has 0 bridgehead atoms. The highest BCUT2D eigenvalue weighted by atomic mass is 79.9. The molecule has 0 radical (unpaired) electrons. The summed E-state index contributed by atoms with van der Waals surface area (Å²) in [6.07, 6.45) is 0. The fourth-order valence-electron chi connectivity index (χ4n) is 1.42. The molecule has 1 aromatic rings. The summed E-state index contributed by atoms with van der Waals surface area (Å²) < 4.78 is 5.73. The molecule has 0 aliphatic carbocycles. The molecule has 0 saturated carbocycles. The minimum atomic E-state index is -2.23. The first-order valence-corrected chi connectivity index (χ1v) is 6.38. The van der Waals surface area contributed by atoms with Crippen LogP contribution in [0.3, 0.4) is 0 Å². The molecule has 0 spiro atoms. The van der Waals surface area contributed by atoms with Gasteiger partial charge in [-0.05, 0) is 38.5 Å². The Morgan fingerprint density at radius 3 is 2.32 bits per heavy atom. The lowest BCUT2D eigenvalue weighted by atomic mass is 9.91. The summed E-state index contributed by atoms with van der Waals surface area (Å²) in [6.45, 7) is 4.94. The van der Waals surface area contributed by atoms with Gasteiger partial charge in [-0.2, -0.15) is 0 Å². The van der Waals surface area contributed by atoms with Crippen molar-refractivity contribution in [2.24, 2.45) is 5.73 Å². The predicted octanol–water partition coefficient (Wildman–Crippen LogP) is 2.03. The number of carbonyl (C=O) groups excluding carboxylic acids is 1. The predicted molar refractivity (Wildman–Crippen MR) is 73.5 cm³/mol. The summed E-state index contributed by atoms with van der Waals surface area (Å²) in [7, 11) is 0. The van der Waals surface area contributed by atoms with Gasteiger partial charge in [0.15, 0.2) is 0 Å². The number of halogens is 1. The van der Waals surface area contributed by atoms with Crippen molar-refractivity contribution in [2.75, 3.05) is 0 Å². The van der Waals surface area contributed by atoms with E-state index in [2.05, 4.69) is 15.9 Å². The van der Waals surface area contributed by atoms with Gasteiger partial charge in [-0.25, -0.2) is 9.59 Å². The molecule has 0 unspecified atom stereocenters. The number of aliphatic carboxylic acids is 1. The topological polar surface area (TPSA) is 89.6 Å². The second-order valence-electron chi connectivity index (χ2n) is 5.13. The third kappa shape index (κ3) is 3.54. The zero-order chi connectivity index (χ0) is 14.8. The van der Waals surface area contributed by atoms with Crippen LogP contribution in [0.4, 0.5) is 0 Å². The number of carbonyl (C=O) groups is 2. The van der Waals surface area contributed by atoms with Gasteiger partial charge in [-0.3, -0.25) is 0 Å². The lowest BCUT2D eigenvalue weighted by molar-refractivity contribution is -0.169. The molecule has 19 heavy (non-hydrogen) atoms. The van der Waals surface area contributed by atoms with Crippen LogP contribution in [0.5, 0.6) is 0 Å². The van der Waals surface area contributed by atoms with Gasteiger partial charge in [0.05, 0.1) is 0 Å². The monoisotopic (exact) mass is 329 g/mol. The van der Waals surface area contributed by atoms with Gasteiger partial charge in [-0.15, -0.1) is 0 Å². The Morgan fingerprint density at radius 1 is 1.32 bits per heavy atom. The minimum Gasteiger partial charge on any atom is -0.479 e. The van der Waals surface area contributed by atoms with Crippen LogP contribution in [0.15, 0.2) is 28.7 Å². The molecule has 0 aliphatic rings. The molecular weight excluding hydrogens is 314 g/mol. The number of rotatable bonds is 3. The van der Waals surface area contributed by atoms with E-state index in [-0.39, 0.29) is 5.56 Å². The van der Waals surface area contributed by atoms with Crippen molar-refractivity contribution in [3.8, 4) is 0 Å². The maximum absolute atomic E-state index is 12.1. The minimum absolute atomic E-state index is 0.156. The fraction of sp³-hybridized carbons (Fsp3) is 0.385. The van der Waals surface area contributed by atoms with Gasteiger partial charge in [0.25, 0.3) is 0 Å². The first-order valence-electron chi connectivity index (χ1n) is 5.59. The Hall–Kier alpha value is -1.40. The zero-order valence-corrected chi connectivity index (χ0v) is 12.5. The smallest absolute Gasteiger partial charge is 0.343 e. The summed E-state index contributed by atoms with van der Waals surface area (Å²) in [5, 5.41) is 9.30. The molecule has 0 amide bonds. The Labute approximate surface area is 119 Å². The SMILES string of the molecule is CC(C)(C)OC(=O)[C@@](N)(C(=O)O)c1cccc(Br)c1. The molecule has 0 fully saturated rings. The van der Waals surface area contributed by atoms with E-state index in [0.717, 1.165) is 0 Å². The van der Waals surface area contributed by atoms with Crippen molar-refractivity contribution < 1.29 is 19.4 Å². The van der Waals surface area contributed by atoms with Crippen LogP contribution < -0.4 is 5.73 Å². The van der Waals surface area contributed by atoms with Crippen LogP contribution in [0, 0.1) is 0 Å². The highest BCUT2D eigenvalue weighted by molar-refractivity contribution is 9.10. The largest absolute Gasteiger partial charge is 0.479 e. The second kappa shape index (κ2) is 5.30. The molecule has 0 aliphatic heterocycles. The molecule has 1 atom stereocenters. The van der Waals surface area contributed by atoms with Gasteiger partial charge >= 0.3 is 11.9 Å². The average Bonchev–Trinajstić information content (AvgIpc) is 2.25. The van der Waals surface area contributed by atoms with E-state index in [0.29, 0.717) is 4.47 Å². The van der Waals surface area contributed by atoms with Gasteiger partial charge in [0.1, 0.15) is 5.60 Å².